The molecule has 29 heavy (non-hydrogen) atoms. The molecule has 9 nitrogen and oxygen atoms in total. The number of morpholine rings is 1. The molecule has 0 unspecified atom stereocenters. The molecule has 0 aliphatic carbocycles. The van der Waals surface area contributed by atoms with Gasteiger partial charge in [0.15, 0.2) is 0 Å². The first-order valence-electron chi connectivity index (χ1n) is 8.93. The molecule has 1 saturated heterocycles. The van der Waals surface area contributed by atoms with Gasteiger partial charge in [-0.15, -0.1) is 0 Å². The van der Waals surface area contributed by atoms with E-state index < -0.39 is 10.0 Å². The lowest BCUT2D eigenvalue weighted by Crippen LogP contribution is -2.40. The zero-order valence-corrected chi connectivity index (χ0v) is 16.2. The highest BCUT2D eigenvalue weighted by molar-refractivity contribution is 7.89. The van der Waals surface area contributed by atoms with Crippen LogP contribution < -0.4 is 5.32 Å². The molecule has 2 aromatic heterocycles. The molecule has 1 aliphatic heterocycles. The van der Waals surface area contributed by atoms with Crippen molar-refractivity contribution in [1.29, 1.82) is 5.26 Å². The van der Waals surface area contributed by atoms with Crippen LogP contribution in [0.25, 0.3) is 11.5 Å². The monoisotopic (exact) mass is 414 g/mol. The fourth-order valence-electron chi connectivity index (χ4n) is 2.93. The molecule has 1 aliphatic rings. The van der Waals surface area contributed by atoms with Gasteiger partial charge in [0.2, 0.25) is 27.5 Å². The minimum atomic E-state index is -3.58. The van der Waals surface area contributed by atoms with Crippen molar-refractivity contribution >= 4 is 15.9 Å². The number of sulfonamides is 1. The van der Waals surface area contributed by atoms with Crippen molar-refractivity contribution in [2.24, 2.45) is 0 Å². The number of nitrogens with one attached hydrogen (secondary N) is 1. The summed E-state index contributed by atoms with van der Waals surface area (Å²) in [5, 5.41) is 12.3. The Balaban J connectivity index is 1.53. The smallest absolute Gasteiger partial charge is 0.243 e. The minimum Gasteiger partial charge on any atom is -0.467 e. The van der Waals surface area contributed by atoms with E-state index in [1.165, 1.54) is 16.4 Å². The number of aromatic nitrogens is 1. The van der Waals surface area contributed by atoms with E-state index in [9.17, 15) is 13.7 Å². The number of nitrogens with zero attached hydrogens (tertiary/aromatic N) is 3. The van der Waals surface area contributed by atoms with E-state index in [1.807, 2.05) is 6.07 Å². The number of hydrogen-bond donors (Lipinski definition) is 1. The van der Waals surface area contributed by atoms with Gasteiger partial charge in [0.1, 0.15) is 11.8 Å². The Bertz CT molecular complexity index is 1110. The summed E-state index contributed by atoms with van der Waals surface area (Å²) in [6.07, 6.45) is 1.56. The summed E-state index contributed by atoms with van der Waals surface area (Å²) >= 11 is 0. The molecule has 3 heterocycles. The predicted molar refractivity (Wildman–Crippen MR) is 102 cm³/mol. The zero-order chi connectivity index (χ0) is 20.3. The van der Waals surface area contributed by atoms with Crippen LogP contribution in [0.2, 0.25) is 0 Å². The molecule has 0 bridgehead atoms. The van der Waals surface area contributed by atoms with Crippen molar-refractivity contribution in [3.63, 3.8) is 0 Å². The van der Waals surface area contributed by atoms with Crippen LogP contribution in [0.1, 0.15) is 11.5 Å². The standard InChI is InChI=1S/C19H18N4O5S/c20-12-17-19(21-13-15-2-1-9-27-15)28-18(22-17)14-3-5-16(6-4-14)29(24,25)23-7-10-26-11-8-23/h1-6,9,21H,7-8,10-11,13H2. The van der Waals surface area contributed by atoms with E-state index in [2.05, 4.69) is 10.3 Å². The van der Waals surface area contributed by atoms with Gasteiger partial charge in [-0.1, -0.05) is 0 Å². The van der Waals surface area contributed by atoms with Gasteiger partial charge in [-0.25, -0.2) is 8.42 Å². The molecular formula is C19H18N4O5S. The Morgan fingerprint density at radius 2 is 1.93 bits per heavy atom. The van der Waals surface area contributed by atoms with E-state index in [4.69, 9.17) is 13.6 Å². The van der Waals surface area contributed by atoms with Gasteiger partial charge >= 0.3 is 0 Å². The first-order valence-corrected chi connectivity index (χ1v) is 10.4. The second-order valence-corrected chi connectivity index (χ2v) is 8.22. The molecule has 0 saturated carbocycles. The van der Waals surface area contributed by atoms with Crippen molar-refractivity contribution in [3.8, 4) is 17.5 Å². The Labute approximate surface area is 167 Å². The highest BCUT2D eigenvalue weighted by Crippen LogP contribution is 2.27. The second kappa shape index (κ2) is 8.08. The highest BCUT2D eigenvalue weighted by Gasteiger charge is 2.26. The molecule has 10 heteroatoms. The summed E-state index contributed by atoms with van der Waals surface area (Å²) in [5.41, 5.74) is 0.671. The lowest BCUT2D eigenvalue weighted by molar-refractivity contribution is 0.0730. The Morgan fingerprint density at radius 1 is 1.17 bits per heavy atom. The van der Waals surface area contributed by atoms with Gasteiger partial charge in [0.05, 0.1) is 30.9 Å². The minimum absolute atomic E-state index is 0.108. The lowest BCUT2D eigenvalue weighted by atomic mass is 10.2. The predicted octanol–water partition coefficient (Wildman–Crippen LogP) is 2.44. The molecule has 1 fully saturated rings. The van der Waals surface area contributed by atoms with Crippen molar-refractivity contribution < 1.29 is 22.0 Å². The van der Waals surface area contributed by atoms with E-state index in [0.29, 0.717) is 44.2 Å². The Morgan fingerprint density at radius 3 is 2.59 bits per heavy atom. The summed E-state index contributed by atoms with van der Waals surface area (Å²) in [5.74, 6) is 1.13. The molecule has 0 spiro atoms. The summed E-state index contributed by atoms with van der Waals surface area (Å²) in [6.45, 7) is 1.78. The number of oxazole rings is 1. The SMILES string of the molecule is N#Cc1nc(-c2ccc(S(=O)(=O)N3CCOCC3)cc2)oc1NCc1ccco1. The van der Waals surface area contributed by atoms with Gasteiger partial charge < -0.3 is 18.9 Å². The molecule has 0 radical (unpaired) electrons. The van der Waals surface area contributed by atoms with Crippen LogP contribution in [0.15, 0.2) is 56.4 Å². The number of rotatable bonds is 6. The van der Waals surface area contributed by atoms with Crippen LogP contribution >= 0.6 is 0 Å². The summed E-state index contributed by atoms with van der Waals surface area (Å²) in [4.78, 5) is 4.37. The van der Waals surface area contributed by atoms with Crippen molar-refractivity contribution in [2.75, 3.05) is 31.6 Å². The molecule has 4 rings (SSSR count). The first kappa shape index (κ1) is 19.2. The van der Waals surface area contributed by atoms with Crippen LogP contribution in [0.3, 0.4) is 0 Å². The van der Waals surface area contributed by atoms with Gasteiger partial charge in [0.25, 0.3) is 0 Å². The number of furan rings is 1. The van der Waals surface area contributed by atoms with Crippen molar-refractivity contribution in [1.82, 2.24) is 9.29 Å². The number of ether oxygens (including phenoxy) is 1. The first-order chi connectivity index (χ1) is 14.1. The van der Waals surface area contributed by atoms with Crippen LogP contribution in [0.5, 0.6) is 0 Å². The molecule has 150 valence electrons. The summed E-state index contributed by atoms with van der Waals surface area (Å²) < 4.78 is 42.9. The molecule has 3 aromatic rings. The lowest BCUT2D eigenvalue weighted by Gasteiger charge is -2.26. The van der Waals surface area contributed by atoms with Gasteiger partial charge in [-0.2, -0.15) is 14.6 Å². The third-order valence-corrected chi connectivity index (χ3v) is 6.36. The van der Waals surface area contributed by atoms with Crippen molar-refractivity contribution in [3.05, 3.63) is 54.1 Å². The maximum atomic E-state index is 12.7. The van der Waals surface area contributed by atoms with E-state index >= 15 is 0 Å². The maximum Gasteiger partial charge on any atom is 0.243 e. The summed E-state index contributed by atoms with van der Waals surface area (Å²) in [7, 11) is -3.58. The van der Waals surface area contributed by atoms with Crippen LogP contribution in [0, 0.1) is 11.3 Å². The molecular weight excluding hydrogens is 396 g/mol. The Hall–Kier alpha value is -3.13. The molecule has 0 atom stereocenters. The third-order valence-electron chi connectivity index (χ3n) is 4.45. The number of anilines is 1. The van der Waals surface area contributed by atoms with Crippen LogP contribution in [-0.2, 0) is 21.3 Å². The topological polar surface area (TPSA) is 122 Å². The average molecular weight is 414 g/mol. The molecule has 1 N–H and O–H groups in total. The van der Waals surface area contributed by atoms with Crippen molar-refractivity contribution in [2.45, 2.75) is 11.4 Å². The fourth-order valence-corrected chi connectivity index (χ4v) is 4.33. The normalized spacial score (nSPS) is 15.1. The third kappa shape index (κ3) is 4.02. The van der Waals surface area contributed by atoms with E-state index in [-0.39, 0.29) is 22.4 Å². The Kier molecular flexibility index (Phi) is 5.35. The van der Waals surface area contributed by atoms with Crippen LogP contribution in [0.4, 0.5) is 5.88 Å². The molecule has 0 amide bonds. The fraction of sp³-hybridized carbons (Fsp3) is 0.263. The zero-order valence-electron chi connectivity index (χ0n) is 15.4. The van der Waals surface area contributed by atoms with E-state index in [0.717, 1.165) is 0 Å². The largest absolute Gasteiger partial charge is 0.467 e. The van der Waals surface area contributed by atoms with E-state index in [1.54, 1.807) is 30.5 Å². The van der Waals surface area contributed by atoms with Gasteiger partial charge in [-0.3, -0.25) is 0 Å². The van der Waals surface area contributed by atoms with Gasteiger partial charge in [-0.05, 0) is 36.4 Å². The highest BCUT2D eigenvalue weighted by atomic mass is 32.2. The second-order valence-electron chi connectivity index (χ2n) is 6.28. The number of benzene rings is 1. The average Bonchev–Trinajstić information content (AvgIpc) is 3.42. The summed E-state index contributed by atoms with van der Waals surface area (Å²) in [6, 6.07) is 11.8. The maximum absolute atomic E-state index is 12.7. The number of nitriles is 1. The van der Waals surface area contributed by atoms with Crippen LogP contribution in [-0.4, -0.2) is 44.0 Å². The van der Waals surface area contributed by atoms with Gasteiger partial charge in [0, 0.05) is 18.7 Å². The molecule has 1 aromatic carbocycles. The quantitative estimate of drug-likeness (QED) is 0.653. The number of hydrogen-bond acceptors (Lipinski definition) is 8.